The van der Waals surface area contributed by atoms with Crippen LogP contribution in [0.3, 0.4) is 0 Å². The number of carboxylic acid groups (broad SMARTS) is 1. The van der Waals surface area contributed by atoms with Crippen LogP contribution in [0.15, 0.2) is 54.6 Å². The van der Waals surface area contributed by atoms with Crippen molar-refractivity contribution in [2.75, 3.05) is 7.05 Å². The van der Waals surface area contributed by atoms with E-state index < -0.39 is 47.4 Å². The average molecular weight is 453 g/mol. The summed E-state index contributed by atoms with van der Waals surface area (Å²) in [5.74, 6) is -3.95. The number of phenolic OH excluding ortho intramolecular Hbond substituents is 1. The number of aliphatic hydroxyl groups excluding tert-OH is 1. The maximum absolute atomic E-state index is 13.8. The number of aromatic hydroxyl groups is 1. The molecule has 2 aliphatic heterocycles. The van der Waals surface area contributed by atoms with Crippen molar-refractivity contribution >= 4 is 17.7 Å². The van der Waals surface area contributed by atoms with Crippen LogP contribution in [0.5, 0.6) is 5.75 Å². The fraction of sp³-hybridized carbons (Fsp3) is 0.400. The lowest BCUT2D eigenvalue weighted by Crippen LogP contribution is -2.72. The molecule has 0 amide bonds. The van der Waals surface area contributed by atoms with Crippen LogP contribution in [0.4, 0.5) is 0 Å². The second-order valence-electron chi connectivity index (χ2n) is 8.76. The van der Waals surface area contributed by atoms with Crippen LogP contribution in [0, 0.1) is 5.92 Å². The van der Waals surface area contributed by atoms with E-state index in [1.165, 1.54) is 24.3 Å². The van der Waals surface area contributed by atoms with Crippen molar-refractivity contribution in [3.05, 3.63) is 65.7 Å². The smallest absolute Gasteiger partial charge is 0.310 e. The van der Waals surface area contributed by atoms with Crippen molar-refractivity contribution in [1.29, 1.82) is 0 Å². The van der Waals surface area contributed by atoms with Crippen molar-refractivity contribution in [3.8, 4) is 5.75 Å². The van der Waals surface area contributed by atoms with Gasteiger partial charge >= 0.3 is 11.9 Å². The van der Waals surface area contributed by atoms with Crippen LogP contribution >= 0.6 is 0 Å². The zero-order valence-corrected chi connectivity index (χ0v) is 18.3. The van der Waals surface area contributed by atoms with Gasteiger partial charge in [0.2, 0.25) is 11.4 Å². The Morgan fingerprint density at radius 1 is 1.06 bits per heavy atom. The van der Waals surface area contributed by atoms with E-state index in [1.54, 1.807) is 11.9 Å². The molecular formula is C25H27NO7. The minimum atomic E-state index is -2.07. The lowest BCUT2D eigenvalue weighted by molar-refractivity contribution is -0.199. The number of Topliss-reactive ketones (excluding diaryl/α,β-unsaturated/α-hetero) is 1. The maximum atomic E-state index is 13.8. The number of esters is 1. The number of ketones is 1. The molecule has 174 valence electrons. The van der Waals surface area contributed by atoms with Crippen molar-refractivity contribution in [2.45, 2.75) is 49.5 Å². The molecule has 3 N–H and O–H groups in total. The average Bonchev–Trinajstić information content (AvgIpc) is 3.11. The fourth-order valence-corrected chi connectivity index (χ4v) is 5.32. The van der Waals surface area contributed by atoms with Crippen molar-refractivity contribution in [2.24, 2.45) is 5.92 Å². The zero-order chi connectivity index (χ0) is 23.8. The molecule has 5 atom stereocenters. The van der Waals surface area contributed by atoms with Crippen molar-refractivity contribution in [1.82, 2.24) is 4.90 Å². The van der Waals surface area contributed by atoms with Gasteiger partial charge in [0.1, 0.15) is 17.8 Å². The highest BCUT2D eigenvalue weighted by molar-refractivity contribution is 6.05. The number of carboxylic acids is 1. The van der Waals surface area contributed by atoms with E-state index in [4.69, 9.17) is 4.74 Å². The van der Waals surface area contributed by atoms with Crippen LogP contribution in [0.1, 0.15) is 35.2 Å². The van der Waals surface area contributed by atoms with E-state index in [1.807, 2.05) is 30.3 Å². The molecule has 0 aromatic heterocycles. The number of carbonyl (C=O) groups excluding carboxylic acids is 2. The predicted molar refractivity (Wildman–Crippen MR) is 118 cm³/mol. The summed E-state index contributed by atoms with van der Waals surface area (Å²) < 4.78 is 5.83. The third-order valence-electron chi connectivity index (χ3n) is 6.95. The maximum Gasteiger partial charge on any atom is 0.310 e. The highest BCUT2D eigenvalue weighted by Crippen LogP contribution is 2.47. The minimum absolute atomic E-state index is 0.0288. The number of nitrogens with zero attached hydrogens (tertiary/aromatic N) is 1. The largest absolute Gasteiger partial charge is 0.508 e. The summed E-state index contributed by atoms with van der Waals surface area (Å²) in [6.07, 6.45) is -0.506. The number of hydrogen-bond acceptors (Lipinski definition) is 7. The second kappa shape index (κ2) is 8.96. The van der Waals surface area contributed by atoms with Crippen LogP contribution in [-0.4, -0.2) is 68.8 Å². The van der Waals surface area contributed by atoms with Crippen LogP contribution in [-0.2, 0) is 20.7 Å². The number of benzene rings is 2. The summed E-state index contributed by atoms with van der Waals surface area (Å²) in [7, 11) is 1.70. The van der Waals surface area contributed by atoms with E-state index in [0.29, 0.717) is 19.3 Å². The Kier molecular flexibility index (Phi) is 6.23. The number of aryl methyl sites for hydroxylation is 1. The molecule has 2 fully saturated rings. The predicted octanol–water partition coefficient (Wildman–Crippen LogP) is 2.03. The number of phenols is 1. The summed E-state index contributed by atoms with van der Waals surface area (Å²) in [4.78, 5) is 40.7. The SMILES string of the molecule is CN1[C@@H]2CC[C@H]1C(OC(=O)CCc1ccccc1)(C(=O)c1ccc(O)cc1)[C@H](O)[C@@H]2C(=O)O. The molecule has 2 bridgehead atoms. The summed E-state index contributed by atoms with van der Waals surface area (Å²) in [5.41, 5.74) is -1.04. The highest BCUT2D eigenvalue weighted by Gasteiger charge is 2.67. The lowest BCUT2D eigenvalue weighted by atomic mass is 9.72. The van der Waals surface area contributed by atoms with Gasteiger partial charge in [-0.05, 0) is 56.1 Å². The molecule has 2 saturated heterocycles. The van der Waals surface area contributed by atoms with Crippen molar-refractivity contribution in [3.63, 3.8) is 0 Å². The minimum Gasteiger partial charge on any atom is -0.508 e. The number of hydrogen-bond donors (Lipinski definition) is 3. The zero-order valence-electron chi connectivity index (χ0n) is 18.3. The summed E-state index contributed by atoms with van der Waals surface area (Å²) in [5, 5.41) is 30.8. The summed E-state index contributed by atoms with van der Waals surface area (Å²) in [6.45, 7) is 0. The van der Waals surface area contributed by atoms with Gasteiger partial charge in [-0.1, -0.05) is 30.3 Å². The lowest BCUT2D eigenvalue weighted by Gasteiger charge is -2.50. The van der Waals surface area contributed by atoms with E-state index in [2.05, 4.69) is 0 Å². The topological polar surface area (TPSA) is 124 Å². The van der Waals surface area contributed by atoms with Gasteiger partial charge < -0.3 is 20.1 Å². The molecule has 2 heterocycles. The first-order valence-electron chi connectivity index (χ1n) is 11.0. The van der Waals surface area contributed by atoms with Gasteiger partial charge in [0, 0.05) is 18.0 Å². The number of likely N-dealkylation sites (N-methyl/N-ethyl adjacent to an activating group) is 1. The Morgan fingerprint density at radius 3 is 2.36 bits per heavy atom. The second-order valence-corrected chi connectivity index (χ2v) is 8.76. The van der Waals surface area contributed by atoms with Crippen LogP contribution in [0.2, 0.25) is 0 Å². The van der Waals surface area contributed by atoms with Gasteiger partial charge in [-0.25, -0.2) is 0 Å². The monoisotopic (exact) mass is 453 g/mol. The standard InChI is InChI=1S/C25H27NO7/c1-26-18-12-13-19(26)25(23(30)21(18)24(31)32,22(29)16-8-10-17(27)11-9-16)33-20(28)14-7-15-5-3-2-4-6-15/h2-6,8-11,18-19,21,23,27,30H,7,12-14H2,1H3,(H,31,32)/t18-,19+,21-,23-,25?/m1/s1. The van der Waals surface area contributed by atoms with Crippen LogP contribution in [0.25, 0.3) is 0 Å². The highest BCUT2D eigenvalue weighted by atomic mass is 16.6. The quantitative estimate of drug-likeness (QED) is 0.430. The number of fused-ring (bicyclic) bond motifs is 2. The first-order chi connectivity index (χ1) is 15.8. The molecule has 2 aliphatic rings. The van der Waals surface area contributed by atoms with Crippen molar-refractivity contribution < 1.29 is 34.4 Å². The number of carbonyl (C=O) groups is 3. The normalized spacial score (nSPS) is 28.9. The molecule has 8 heteroatoms. The number of ether oxygens (including phenoxy) is 1. The molecule has 8 nitrogen and oxygen atoms in total. The van der Waals surface area contributed by atoms with Gasteiger partial charge in [-0.3, -0.25) is 19.3 Å². The van der Waals surface area contributed by atoms with Gasteiger partial charge in [-0.2, -0.15) is 0 Å². The molecule has 1 unspecified atom stereocenters. The molecule has 2 aromatic carbocycles. The molecule has 0 aliphatic carbocycles. The Bertz CT molecular complexity index is 1040. The third kappa shape index (κ3) is 4.00. The number of piperidine rings is 1. The molecule has 33 heavy (non-hydrogen) atoms. The van der Waals surface area contributed by atoms with E-state index in [9.17, 15) is 29.7 Å². The van der Waals surface area contributed by atoms with E-state index in [-0.39, 0.29) is 17.7 Å². The number of rotatable bonds is 7. The summed E-state index contributed by atoms with van der Waals surface area (Å²) >= 11 is 0. The van der Waals surface area contributed by atoms with E-state index >= 15 is 0 Å². The molecule has 0 saturated carbocycles. The van der Waals surface area contributed by atoms with Gasteiger partial charge in [0.25, 0.3) is 0 Å². The van der Waals surface area contributed by atoms with Crippen LogP contribution < -0.4 is 0 Å². The molecule has 2 aromatic rings. The molecule has 0 spiro atoms. The van der Waals surface area contributed by atoms with Gasteiger partial charge in [0.05, 0.1) is 6.04 Å². The molecular weight excluding hydrogens is 426 g/mol. The number of aliphatic carboxylic acids is 1. The fourth-order valence-electron chi connectivity index (χ4n) is 5.32. The Balaban J connectivity index is 1.71. The molecule has 4 rings (SSSR count). The first kappa shape index (κ1) is 22.9. The third-order valence-corrected chi connectivity index (χ3v) is 6.95. The van der Waals surface area contributed by atoms with E-state index in [0.717, 1.165) is 5.56 Å². The summed E-state index contributed by atoms with van der Waals surface area (Å²) in [6, 6.07) is 13.6. The Morgan fingerprint density at radius 2 is 1.73 bits per heavy atom. The number of aliphatic hydroxyl groups is 1. The Hall–Kier alpha value is -3.23. The van der Waals surface area contributed by atoms with Gasteiger partial charge in [-0.15, -0.1) is 0 Å². The first-order valence-corrected chi connectivity index (χ1v) is 11.0. The van der Waals surface area contributed by atoms with Gasteiger partial charge in [0.15, 0.2) is 0 Å². The Labute approximate surface area is 191 Å². The molecule has 0 radical (unpaired) electrons.